The fraction of sp³-hybridized carbons (Fsp3) is 0.938. The Kier molecular flexibility index (Phi) is 21.6. The Balaban J connectivity index is -0.000000445. The molecule has 19 heavy (non-hydrogen) atoms. The molecule has 118 valence electrons. The van der Waals surface area contributed by atoms with Crippen LogP contribution in [0.1, 0.15) is 67.7 Å². The minimum Gasteiger partial charge on any atom is -0.381 e. The van der Waals surface area contributed by atoms with Crippen molar-refractivity contribution in [3.63, 3.8) is 0 Å². The first-order valence-corrected chi connectivity index (χ1v) is 7.71. The molecule has 0 saturated carbocycles. The summed E-state index contributed by atoms with van der Waals surface area (Å²) in [5, 5.41) is 2.62. The number of hydrogen-bond donors (Lipinski definition) is 1. The van der Waals surface area contributed by atoms with Crippen LogP contribution < -0.4 is 5.32 Å². The quantitative estimate of drug-likeness (QED) is 0.786. The maximum absolute atomic E-state index is 11.2. The van der Waals surface area contributed by atoms with Crippen LogP contribution in [0, 0.1) is 11.8 Å². The van der Waals surface area contributed by atoms with Gasteiger partial charge in [0.15, 0.2) is 0 Å². The Bertz CT molecular complexity index is 184. The summed E-state index contributed by atoms with van der Waals surface area (Å²) in [7, 11) is 3.33. The number of rotatable bonds is 6. The van der Waals surface area contributed by atoms with E-state index in [2.05, 4.69) is 39.9 Å². The van der Waals surface area contributed by atoms with E-state index in [1.54, 1.807) is 14.2 Å². The van der Waals surface area contributed by atoms with Gasteiger partial charge in [0, 0.05) is 14.2 Å². The fourth-order valence-electron chi connectivity index (χ4n) is 1.51. The normalized spacial score (nSPS) is 13.9. The zero-order valence-corrected chi connectivity index (χ0v) is 14.7. The summed E-state index contributed by atoms with van der Waals surface area (Å²) in [6, 6.07) is 0. The number of methoxy groups -OCH3 is 1. The highest BCUT2D eigenvalue weighted by Crippen LogP contribution is 2.22. The number of ether oxygens (including phenoxy) is 1. The van der Waals surface area contributed by atoms with Crippen molar-refractivity contribution >= 4 is 5.91 Å². The van der Waals surface area contributed by atoms with Gasteiger partial charge < -0.3 is 10.1 Å². The lowest BCUT2D eigenvalue weighted by atomic mass is 9.87. The molecule has 3 unspecified atom stereocenters. The third-order valence-electron chi connectivity index (χ3n) is 3.10. The van der Waals surface area contributed by atoms with Crippen molar-refractivity contribution in [2.45, 2.75) is 73.8 Å². The molecule has 0 aromatic heterocycles. The minimum absolute atomic E-state index is 0.0323. The van der Waals surface area contributed by atoms with Gasteiger partial charge in [0.05, 0.1) is 12.5 Å². The van der Waals surface area contributed by atoms with Crippen LogP contribution in [0.25, 0.3) is 0 Å². The first-order valence-electron chi connectivity index (χ1n) is 7.71. The van der Waals surface area contributed by atoms with Crippen LogP contribution in [0.15, 0.2) is 0 Å². The highest BCUT2D eigenvalue weighted by molar-refractivity contribution is 5.76. The number of hydrogen-bond acceptors (Lipinski definition) is 2. The predicted octanol–water partition coefficient (Wildman–Crippen LogP) is 4.26. The Morgan fingerprint density at radius 1 is 1.16 bits per heavy atom. The van der Waals surface area contributed by atoms with E-state index in [4.69, 9.17) is 4.74 Å². The molecule has 0 saturated heterocycles. The lowest BCUT2D eigenvalue weighted by molar-refractivity contribution is -0.124. The summed E-state index contributed by atoms with van der Waals surface area (Å²) in [6.07, 6.45) is 2.86. The molecule has 0 aliphatic heterocycles. The van der Waals surface area contributed by atoms with Crippen LogP contribution in [0.2, 0.25) is 0 Å². The molecule has 3 heteroatoms. The summed E-state index contributed by atoms with van der Waals surface area (Å²) in [5.74, 6) is 1.05. The molecule has 0 aromatic rings. The highest BCUT2D eigenvalue weighted by Gasteiger charge is 2.23. The predicted molar refractivity (Wildman–Crippen MR) is 85.4 cm³/mol. The lowest BCUT2D eigenvalue weighted by Crippen LogP contribution is -2.32. The molecule has 0 heterocycles. The van der Waals surface area contributed by atoms with Crippen LogP contribution in [0.3, 0.4) is 0 Å². The third-order valence-corrected chi connectivity index (χ3v) is 3.10. The fourth-order valence-corrected chi connectivity index (χ4v) is 1.51. The highest BCUT2D eigenvalue weighted by atomic mass is 16.5. The second-order valence-corrected chi connectivity index (χ2v) is 4.60. The van der Waals surface area contributed by atoms with Gasteiger partial charge in [-0.2, -0.15) is 0 Å². The lowest BCUT2D eigenvalue weighted by Gasteiger charge is -2.26. The topological polar surface area (TPSA) is 38.3 Å². The maximum atomic E-state index is 11.2. The van der Waals surface area contributed by atoms with Crippen molar-refractivity contribution in [3.05, 3.63) is 0 Å². The molecule has 3 nitrogen and oxygen atoms in total. The van der Waals surface area contributed by atoms with E-state index < -0.39 is 0 Å². The van der Waals surface area contributed by atoms with Gasteiger partial charge >= 0.3 is 0 Å². The van der Waals surface area contributed by atoms with Gasteiger partial charge in [0.2, 0.25) is 5.91 Å². The Morgan fingerprint density at radius 3 is 1.84 bits per heavy atom. The summed E-state index contributed by atoms with van der Waals surface area (Å²) in [5.41, 5.74) is 0. The molecule has 0 rings (SSSR count). The molecule has 0 aliphatic rings. The van der Waals surface area contributed by atoms with Gasteiger partial charge in [-0.3, -0.25) is 4.79 Å². The van der Waals surface area contributed by atoms with Crippen molar-refractivity contribution in [1.29, 1.82) is 0 Å². The smallest absolute Gasteiger partial charge is 0.222 e. The standard InChI is InChI=1S/C11H23NO2.C3H8.C2H6/c1-6-8(2)9(3)10(14-5)7-11(13)12-4;1-3-2;1-2/h8-10H,6-7H2,1-5H3,(H,12,13);3H2,1-2H3;1-2H3. The molecule has 0 bridgehead atoms. The minimum atomic E-state index is 0.0323. The number of nitrogens with one attached hydrogen (secondary N) is 1. The van der Waals surface area contributed by atoms with E-state index in [0.717, 1.165) is 6.42 Å². The van der Waals surface area contributed by atoms with E-state index in [-0.39, 0.29) is 12.0 Å². The molecule has 0 aromatic carbocycles. The van der Waals surface area contributed by atoms with Crippen LogP contribution in [0.4, 0.5) is 0 Å². The van der Waals surface area contributed by atoms with Gasteiger partial charge in [0.25, 0.3) is 0 Å². The number of carbonyl (C=O) groups is 1. The average Bonchev–Trinajstić information content (AvgIpc) is 2.45. The Labute approximate surface area is 121 Å². The van der Waals surface area contributed by atoms with Crippen molar-refractivity contribution < 1.29 is 9.53 Å². The SMILES string of the molecule is CC.CCC.CCC(C)C(C)C(CC(=O)NC)OC. The molecule has 3 atom stereocenters. The molecular formula is C16H37NO2. The van der Waals surface area contributed by atoms with Crippen molar-refractivity contribution in [1.82, 2.24) is 5.32 Å². The van der Waals surface area contributed by atoms with E-state index in [1.165, 1.54) is 6.42 Å². The van der Waals surface area contributed by atoms with Gasteiger partial charge in [0.1, 0.15) is 0 Å². The van der Waals surface area contributed by atoms with Crippen LogP contribution >= 0.6 is 0 Å². The summed E-state index contributed by atoms with van der Waals surface area (Å²) < 4.78 is 5.35. The molecule has 0 fully saturated rings. The van der Waals surface area contributed by atoms with Crippen LogP contribution in [-0.4, -0.2) is 26.2 Å². The summed E-state index contributed by atoms with van der Waals surface area (Å²) >= 11 is 0. The second kappa shape index (κ2) is 17.4. The molecular weight excluding hydrogens is 238 g/mol. The average molecular weight is 275 g/mol. The Hall–Kier alpha value is -0.570. The van der Waals surface area contributed by atoms with E-state index >= 15 is 0 Å². The first-order chi connectivity index (χ1) is 8.98. The van der Waals surface area contributed by atoms with E-state index in [0.29, 0.717) is 18.3 Å². The van der Waals surface area contributed by atoms with Crippen molar-refractivity contribution in [2.24, 2.45) is 11.8 Å². The van der Waals surface area contributed by atoms with Crippen LogP contribution in [-0.2, 0) is 9.53 Å². The molecule has 0 radical (unpaired) electrons. The van der Waals surface area contributed by atoms with Gasteiger partial charge in [-0.05, 0) is 11.8 Å². The van der Waals surface area contributed by atoms with Gasteiger partial charge in [-0.15, -0.1) is 0 Å². The Morgan fingerprint density at radius 2 is 1.58 bits per heavy atom. The summed E-state index contributed by atoms with van der Waals surface area (Å²) in [6.45, 7) is 14.7. The molecule has 1 N–H and O–H groups in total. The van der Waals surface area contributed by atoms with Gasteiger partial charge in [-0.25, -0.2) is 0 Å². The zero-order valence-electron chi connectivity index (χ0n) is 14.7. The summed E-state index contributed by atoms with van der Waals surface area (Å²) in [4.78, 5) is 11.2. The molecule has 0 spiro atoms. The van der Waals surface area contributed by atoms with Crippen molar-refractivity contribution in [2.75, 3.05) is 14.2 Å². The van der Waals surface area contributed by atoms with E-state index in [9.17, 15) is 4.79 Å². The maximum Gasteiger partial charge on any atom is 0.222 e. The first kappa shape index (κ1) is 23.5. The number of carbonyl (C=O) groups excluding carboxylic acids is 1. The number of amides is 1. The van der Waals surface area contributed by atoms with Crippen molar-refractivity contribution in [3.8, 4) is 0 Å². The van der Waals surface area contributed by atoms with Gasteiger partial charge in [-0.1, -0.05) is 61.3 Å². The molecule has 1 amide bonds. The third kappa shape index (κ3) is 13.7. The molecule has 0 aliphatic carbocycles. The second-order valence-electron chi connectivity index (χ2n) is 4.60. The van der Waals surface area contributed by atoms with E-state index in [1.807, 2.05) is 13.8 Å². The monoisotopic (exact) mass is 275 g/mol. The van der Waals surface area contributed by atoms with Crippen LogP contribution in [0.5, 0.6) is 0 Å². The zero-order chi connectivity index (χ0) is 15.8. The largest absolute Gasteiger partial charge is 0.381 e.